The number of furan rings is 1. The number of aliphatic imine (C=N–C) groups is 1. The highest BCUT2D eigenvalue weighted by Crippen LogP contribution is 2.16. The molecule has 0 unspecified atom stereocenters. The lowest BCUT2D eigenvalue weighted by molar-refractivity contribution is 0.0657. The van der Waals surface area contributed by atoms with Crippen LogP contribution >= 0.6 is 0 Å². The van der Waals surface area contributed by atoms with Crippen molar-refractivity contribution >= 4 is 17.6 Å². The molecule has 2 fully saturated rings. The number of anilines is 1. The maximum atomic E-state index is 13.1. The average molecular weight is 443 g/mol. The lowest BCUT2D eigenvalue weighted by Crippen LogP contribution is -2.55. The van der Waals surface area contributed by atoms with Crippen LogP contribution in [0.4, 0.5) is 10.1 Å². The fourth-order valence-electron chi connectivity index (χ4n) is 4.22. The molecule has 8 nitrogen and oxygen atoms in total. The minimum absolute atomic E-state index is 0.0580. The van der Waals surface area contributed by atoms with E-state index in [1.807, 2.05) is 17.0 Å². The van der Waals surface area contributed by atoms with Crippen molar-refractivity contribution in [3.63, 3.8) is 0 Å². The van der Waals surface area contributed by atoms with Crippen molar-refractivity contribution in [2.24, 2.45) is 4.99 Å². The van der Waals surface area contributed by atoms with Gasteiger partial charge in [-0.2, -0.15) is 0 Å². The molecule has 2 aliphatic heterocycles. The van der Waals surface area contributed by atoms with Gasteiger partial charge in [-0.1, -0.05) is 0 Å². The first-order valence-electron chi connectivity index (χ1n) is 11.2. The van der Waals surface area contributed by atoms with Crippen molar-refractivity contribution in [3.8, 4) is 0 Å². The Morgan fingerprint density at radius 3 is 2.31 bits per heavy atom. The second kappa shape index (κ2) is 10.5. The molecule has 4 rings (SSSR count). The monoisotopic (exact) mass is 442 g/mol. The summed E-state index contributed by atoms with van der Waals surface area (Å²) in [6.07, 6.45) is 1.53. The van der Waals surface area contributed by atoms with Crippen molar-refractivity contribution in [3.05, 3.63) is 54.2 Å². The zero-order valence-corrected chi connectivity index (χ0v) is 18.5. The predicted molar refractivity (Wildman–Crippen MR) is 123 cm³/mol. The first-order chi connectivity index (χ1) is 15.6. The van der Waals surface area contributed by atoms with Crippen molar-refractivity contribution in [2.45, 2.75) is 0 Å². The van der Waals surface area contributed by atoms with Crippen LogP contribution in [0.5, 0.6) is 0 Å². The standard InChI is InChI=1S/C23H31FN6O2/c1-25-23(30-16-14-29(15-17-30)22(31)21-3-2-18-32-21)26-8-9-27-10-12-28(13-11-27)20-6-4-19(24)5-7-20/h2-7,18H,8-17H2,1H3,(H,25,26). The van der Waals surface area contributed by atoms with E-state index in [1.165, 1.54) is 18.4 Å². The van der Waals surface area contributed by atoms with Gasteiger partial charge in [0, 0.05) is 78.2 Å². The van der Waals surface area contributed by atoms with Crippen molar-refractivity contribution in [2.75, 3.05) is 77.4 Å². The topological polar surface area (TPSA) is 67.6 Å². The predicted octanol–water partition coefficient (Wildman–Crippen LogP) is 1.57. The van der Waals surface area contributed by atoms with Gasteiger partial charge < -0.3 is 24.4 Å². The molecule has 1 amide bonds. The van der Waals surface area contributed by atoms with Crippen LogP contribution in [-0.4, -0.2) is 99.1 Å². The summed E-state index contributed by atoms with van der Waals surface area (Å²) in [6, 6.07) is 10.2. The molecule has 0 spiro atoms. The largest absolute Gasteiger partial charge is 0.459 e. The first-order valence-corrected chi connectivity index (χ1v) is 11.2. The van der Waals surface area contributed by atoms with Gasteiger partial charge in [-0.3, -0.25) is 14.7 Å². The van der Waals surface area contributed by atoms with E-state index in [9.17, 15) is 9.18 Å². The molecule has 0 atom stereocenters. The Balaban J connectivity index is 1.16. The van der Waals surface area contributed by atoms with E-state index in [4.69, 9.17) is 4.42 Å². The Hall–Kier alpha value is -3.07. The third-order valence-electron chi connectivity index (χ3n) is 6.09. The van der Waals surface area contributed by atoms with Gasteiger partial charge in [0.15, 0.2) is 11.7 Å². The number of rotatable bonds is 5. The van der Waals surface area contributed by atoms with Crippen LogP contribution in [0.25, 0.3) is 0 Å². The summed E-state index contributed by atoms with van der Waals surface area (Å²) in [4.78, 5) is 25.6. The molecular formula is C23H31FN6O2. The van der Waals surface area contributed by atoms with Gasteiger partial charge in [0.05, 0.1) is 6.26 Å². The average Bonchev–Trinajstić information content (AvgIpc) is 3.38. The van der Waals surface area contributed by atoms with E-state index >= 15 is 0 Å². The fraction of sp³-hybridized carbons (Fsp3) is 0.478. The number of nitrogens with one attached hydrogen (secondary N) is 1. The number of amides is 1. The molecule has 0 saturated carbocycles. The zero-order valence-electron chi connectivity index (χ0n) is 18.5. The number of benzene rings is 1. The van der Waals surface area contributed by atoms with Gasteiger partial charge >= 0.3 is 0 Å². The van der Waals surface area contributed by atoms with E-state index in [0.29, 0.717) is 18.8 Å². The van der Waals surface area contributed by atoms with Crippen LogP contribution in [0.15, 0.2) is 52.1 Å². The Kier molecular flexibility index (Phi) is 7.26. The van der Waals surface area contributed by atoms with E-state index in [2.05, 4.69) is 25.0 Å². The van der Waals surface area contributed by atoms with Crippen LogP contribution in [0.3, 0.4) is 0 Å². The molecule has 2 aliphatic rings. The summed E-state index contributed by atoms with van der Waals surface area (Å²) in [5, 5.41) is 3.46. The van der Waals surface area contributed by atoms with Crippen LogP contribution in [0, 0.1) is 5.82 Å². The number of hydrogen-bond donors (Lipinski definition) is 1. The molecule has 1 N–H and O–H groups in total. The lowest BCUT2D eigenvalue weighted by Gasteiger charge is -2.37. The third-order valence-corrected chi connectivity index (χ3v) is 6.09. The molecule has 1 aromatic heterocycles. The number of halogens is 1. The Bertz CT molecular complexity index is 886. The lowest BCUT2D eigenvalue weighted by atomic mass is 10.2. The second-order valence-electron chi connectivity index (χ2n) is 8.04. The highest BCUT2D eigenvalue weighted by Gasteiger charge is 2.25. The normalized spacial score (nSPS) is 18.2. The quantitative estimate of drug-likeness (QED) is 0.560. The van der Waals surface area contributed by atoms with Gasteiger partial charge in [0.1, 0.15) is 5.82 Å². The fourth-order valence-corrected chi connectivity index (χ4v) is 4.22. The van der Waals surface area contributed by atoms with Crippen LogP contribution in [0.1, 0.15) is 10.6 Å². The molecule has 0 radical (unpaired) electrons. The van der Waals surface area contributed by atoms with Crippen LogP contribution < -0.4 is 10.2 Å². The zero-order chi connectivity index (χ0) is 22.3. The summed E-state index contributed by atoms with van der Waals surface area (Å²) in [5.41, 5.74) is 1.08. The summed E-state index contributed by atoms with van der Waals surface area (Å²) >= 11 is 0. The maximum absolute atomic E-state index is 13.1. The third kappa shape index (κ3) is 5.40. The molecule has 2 saturated heterocycles. The second-order valence-corrected chi connectivity index (χ2v) is 8.04. The summed E-state index contributed by atoms with van der Waals surface area (Å²) in [5.74, 6) is 1.01. The molecule has 0 aliphatic carbocycles. The van der Waals surface area contributed by atoms with Crippen LogP contribution in [0.2, 0.25) is 0 Å². The molecule has 0 bridgehead atoms. The van der Waals surface area contributed by atoms with Gasteiger partial charge in [0.2, 0.25) is 0 Å². The number of piperazine rings is 2. The Morgan fingerprint density at radius 2 is 1.69 bits per heavy atom. The van der Waals surface area contributed by atoms with E-state index in [1.54, 1.807) is 19.2 Å². The first kappa shape index (κ1) is 22.1. The molecule has 172 valence electrons. The van der Waals surface area contributed by atoms with E-state index in [0.717, 1.165) is 64.0 Å². The number of guanidine groups is 1. The minimum atomic E-state index is -0.197. The highest BCUT2D eigenvalue weighted by molar-refractivity contribution is 5.91. The van der Waals surface area contributed by atoms with Crippen LogP contribution in [-0.2, 0) is 0 Å². The molecule has 1 aromatic carbocycles. The van der Waals surface area contributed by atoms with Gasteiger partial charge in [-0.15, -0.1) is 0 Å². The Labute approximate surface area is 188 Å². The SMILES string of the molecule is CN=C(NCCN1CCN(c2ccc(F)cc2)CC1)N1CCN(C(=O)c2ccco2)CC1. The summed E-state index contributed by atoms with van der Waals surface area (Å²) < 4.78 is 18.4. The van der Waals surface area contributed by atoms with Crippen molar-refractivity contribution in [1.82, 2.24) is 20.0 Å². The summed E-state index contributed by atoms with van der Waals surface area (Å²) in [7, 11) is 1.80. The highest BCUT2D eigenvalue weighted by atomic mass is 19.1. The molecule has 2 aromatic rings. The van der Waals surface area contributed by atoms with Gasteiger partial charge in [-0.05, 0) is 36.4 Å². The van der Waals surface area contributed by atoms with E-state index in [-0.39, 0.29) is 11.7 Å². The van der Waals surface area contributed by atoms with Gasteiger partial charge in [0.25, 0.3) is 5.91 Å². The molecule has 9 heteroatoms. The number of nitrogens with zero attached hydrogens (tertiary/aromatic N) is 5. The number of carbonyl (C=O) groups is 1. The molecule has 3 heterocycles. The summed E-state index contributed by atoms with van der Waals surface area (Å²) in [6.45, 7) is 8.35. The minimum Gasteiger partial charge on any atom is -0.459 e. The maximum Gasteiger partial charge on any atom is 0.289 e. The number of carbonyl (C=O) groups excluding carboxylic acids is 1. The van der Waals surface area contributed by atoms with Gasteiger partial charge in [-0.25, -0.2) is 4.39 Å². The molecular weight excluding hydrogens is 411 g/mol. The van der Waals surface area contributed by atoms with Crippen molar-refractivity contribution in [1.29, 1.82) is 0 Å². The van der Waals surface area contributed by atoms with E-state index < -0.39 is 0 Å². The van der Waals surface area contributed by atoms with Crippen molar-refractivity contribution < 1.29 is 13.6 Å². The number of hydrogen-bond acceptors (Lipinski definition) is 5. The smallest absolute Gasteiger partial charge is 0.289 e. The molecule has 32 heavy (non-hydrogen) atoms. The Morgan fingerprint density at radius 1 is 1.00 bits per heavy atom.